The zero-order valence-electron chi connectivity index (χ0n) is 9.57. The van der Waals surface area contributed by atoms with Gasteiger partial charge in [0.05, 0.1) is 6.10 Å². The minimum atomic E-state index is 0.177. The van der Waals surface area contributed by atoms with E-state index < -0.39 is 0 Å². The molecule has 1 nitrogen and oxygen atoms in total. The van der Waals surface area contributed by atoms with Crippen molar-refractivity contribution < 1.29 is 4.74 Å². The predicted molar refractivity (Wildman–Crippen MR) is 68.1 cm³/mol. The molecular weight excluding hydrogens is 204 g/mol. The van der Waals surface area contributed by atoms with Crippen molar-refractivity contribution in [3.05, 3.63) is 35.9 Å². The van der Waals surface area contributed by atoms with Gasteiger partial charge in [0.2, 0.25) is 0 Å². The fourth-order valence-electron chi connectivity index (χ4n) is 1.40. The Hall–Kier alpha value is -0.890. The molecule has 0 amide bonds. The summed E-state index contributed by atoms with van der Waals surface area (Å²) in [5, 5.41) is 0.717. The first-order valence-corrected chi connectivity index (χ1v) is 5.75. The molecule has 0 saturated heterocycles. The van der Waals surface area contributed by atoms with Gasteiger partial charge in [0, 0.05) is 5.92 Å². The van der Waals surface area contributed by atoms with Crippen LogP contribution in [-0.4, -0.2) is 11.2 Å². The van der Waals surface area contributed by atoms with Crippen molar-refractivity contribution in [2.75, 3.05) is 0 Å². The van der Waals surface area contributed by atoms with Crippen LogP contribution in [0.2, 0.25) is 0 Å². The van der Waals surface area contributed by atoms with Gasteiger partial charge < -0.3 is 4.74 Å². The third-order valence-corrected chi connectivity index (χ3v) is 2.64. The Morgan fingerprint density at radius 2 is 1.80 bits per heavy atom. The van der Waals surface area contributed by atoms with E-state index in [4.69, 9.17) is 17.0 Å². The predicted octanol–water partition coefficient (Wildman–Crippen LogP) is 3.62. The molecule has 0 aliphatic rings. The summed E-state index contributed by atoms with van der Waals surface area (Å²) in [4.78, 5) is 0. The van der Waals surface area contributed by atoms with Crippen molar-refractivity contribution in [2.45, 2.75) is 33.3 Å². The molecule has 1 unspecified atom stereocenters. The van der Waals surface area contributed by atoms with Gasteiger partial charge in [-0.25, -0.2) is 0 Å². The van der Waals surface area contributed by atoms with Crippen molar-refractivity contribution in [1.82, 2.24) is 0 Å². The van der Waals surface area contributed by atoms with Crippen LogP contribution in [0.4, 0.5) is 0 Å². The van der Waals surface area contributed by atoms with Gasteiger partial charge in [-0.2, -0.15) is 0 Å². The molecule has 0 aliphatic carbocycles. The number of hydrogen-bond donors (Lipinski definition) is 0. The molecule has 0 heterocycles. The topological polar surface area (TPSA) is 9.23 Å². The lowest BCUT2D eigenvalue weighted by molar-refractivity contribution is 0.220. The highest BCUT2D eigenvalue weighted by Gasteiger charge is 2.11. The average Bonchev–Trinajstić information content (AvgIpc) is 2.18. The van der Waals surface area contributed by atoms with Gasteiger partial charge in [-0.1, -0.05) is 37.3 Å². The summed E-state index contributed by atoms with van der Waals surface area (Å²) < 4.78 is 5.52. The van der Waals surface area contributed by atoms with E-state index in [1.807, 2.05) is 19.9 Å². The minimum Gasteiger partial charge on any atom is -0.484 e. The van der Waals surface area contributed by atoms with E-state index in [0.717, 1.165) is 6.42 Å². The van der Waals surface area contributed by atoms with Crippen LogP contribution in [0.1, 0.15) is 26.3 Å². The third-order valence-electron chi connectivity index (χ3n) is 2.14. The van der Waals surface area contributed by atoms with Gasteiger partial charge in [-0.3, -0.25) is 0 Å². The van der Waals surface area contributed by atoms with E-state index in [0.29, 0.717) is 11.0 Å². The van der Waals surface area contributed by atoms with E-state index in [-0.39, 0.29) is 6.10 Å². The fraction of sp³-hybridized carbons (Fsp3) is 0.462. The normalized spacial score (nSPS) is 12.5. The fourth-order valence-corrected chi connectivity index (χ4v) is 1.68. The van der Waals surface area contributed by atoms with Gasteiger partial charge in [0.15, 0.2) is 5.05 Å². The molecule has 1 aromatic carbocycles. The molecule has 0 aliphatic heterocycles. The maximum atomic E-state index is 5.52. The zero-order chi connectivity index (χ0) is 11.3. The van der Waals surface area contributed by atoms with Crippen LogP contribution in [0.15, 0.2) is 30.3 Å². The van der Waals surface area contributed by atoms with Gasteiger partial charge in [-0.05, 0) is 38.0 Å². The molecule has 1 atom stereocenters. The highest BCUT2D eigenvalue weighted by atomic mass is 32.1. The van der Waals surface area contributed by atoms with Gasteiger partial charge >= 0.3 is 0 Å². The first-order chi connectivity index (χ1) is 7.09. The van der Waals surface area contributed by atoms with Crippen molar-refractivity contribution in [3.63, 3.8) is 0 Å². The van der Waals surface area contributed by atoms with Crippen LogP contribution >= 0.6 is 12.2 Å². The summed E-state index contributed by atoms with van der Waals surface area (Å²) in [7, 11) is 0. The lowest BCUT2D eigenvalue weighted by Gasteiger charge is -2.16. The molecule has 82 valence electrons. The third kappa shape index (κ3) is 4.43. The first-order valence-electron chi connectivity index (χ1n) is 5.34. The lowest BCUT2D eigenvalue weighted by Crippen LogP contribution is -2.18. The SMILES string of the molecule is CC(C)OC(=S)C(C)Cc1ccccc1. The number of hydrogen-bond acceptors (Lipinski definition) is 2. The monoisotopic (exact) mass is 222 g/mol. The van der Waals surface area contributed by atoms with Crippen LogP contribution in [-0.2, 0) is 11.2 Å². The lowest BCUT2D eigenvalue weighted by atomic mass is 10.0. The Balaban J connectivity index is 2.49. The Kier molecular flexibility index (Phi) is 4.76. The van der Waals surface area contributed by atoms with E-state index >= 15 is 0 Å². The summed E-state index contributed by atoms with van der Waals surface area (Å²) in [6.45, 7) is 6.11. The zero-order valence-corrected chi connectivity index (χ0v) is 10.4. The van der Waals surface area contributed by atoms with Crippen LogP contribution in [0.3, 0.4) is 0 Å². The van der Waals surface area contributed by atoms with Crippen LogP contribution in [0, 0.1) is 5.92 Å². The molecule has 1 aromatic rings. The van der Waals surface area contributed by atoms with Crippen molar-refractivity contribution in [3.8, 4) is 0 Å². The van der Waals surface area contributed by atoms with Crippen LogP contribution in [0.5, 0.6) is 0 Å². The van der Waals surface area contributed by atoms with Gasteiger partial charge in [-0.15, -0.1) is 0 Å². The van der Waals surface area contributed by atoms with Crippen LogP contribution in [0.25, 0.3) is 0 Å². The molecule has 0 saturated carbocycles. The summed E-state index contributed by atoms with van der Waals surface area (Å²) in [5.74, 6) is 0.296. The second kappa shape index (κ2) is 5.86. The first kappa shape index (κ1) is 12.2. The molecule has 0 radical (unpaired) electrons. The number of rotatable bonds is 4. The number of benzene rings is 1. The molecule has 2 heteroatoms. The standard InChI is InChI=1S/C13H18OS/c1-10(2)14-13(15)11(3)9-12-7-5-4-6-8-12/h4-8,10-11H,9H2,1-3H3. The Morgan fingerprint density at radius 1 is 1.20 bits per heavy atom. The Bertz CT molecular complexity index is 306. The molecule has 0 bridgehead atoms. The smallest absolute Gasteiger partial charge is 0.163 e. The summed E-state index contributed by atoms with van der Waals surface area (Å²) in [5.41, 5.74) is 1.31. The molecule has 0 N–H and O–H groups in total. The quantitative estimate of drug-likeness (QED) is 0.720. The summed E-state index contributed by atoms with van der Waals surface area (Å²) in [6, 6.07) is 10.4. The van der Waals surface area contributed by atoms with E-state index in [2.05, 4.69) is 31.2 Å². The maximum Gasteiger partial charge on any atom is 0.163 e. The van der Waals surface area contributed by atoms with E-state index in [9.17, 15) is 0 Å². The largest absolute Gasteiger partial charge is 0.484 e. The molecule has 15 heavy (non-hydrogen) atoms. The molecule has 0 aromatic heterocycles. The molecule has 0 spiro atoms. The van der Waals surface area contributed by atoms with E-state index in [1.54, 1.807) is 0 Å². The number of ether oxygens (including phenoxy) is 1. The van der Waals surface area contributed by atoms with Crippen molar-refractivity contribution in [2.24, 2.45) is 5.92 Å². The molecule has 0 fully saturated rings. The van der Waals surface area contributed by atoms with Gasteiger partial charge in [0.1, 0.15) is 0 Å². The van der Waals surface area contributed by atoms with Crippen LogP contribution < -0.4 is 0 Å². The maximum absolute atomic E-state index is 5.52. The van der Waals surface area contributed by atoms with Crippen molar-refractivity contribution >= 4 is 17.3 Å². The summed E-state index contributed by atoms with van der Waals surface area (Å²) in [6.07, 6.45) is 1.13. The molecular formula is C13H18OS. The highest BCUT2D eigenvalue weighted by Crippen LogP contribution is 2.11. The minimum absolute atomic E-state index is 0.177. The average molecular weight is 222 g/mol. The second-order valence-corrected chi connectivity index (χ2v) is 4.48. The Morgan fingerprint density at radius 3 is 2.33 bits per heavy atom. The number of thiocarbonyl (C=S) groups is 1. The van der Waals surface area contributed by atoms with Gasteiger partial charge in [0.25, 0.3) is 0 Å². The second-order valence-electron chi connectivity index (χ2n) is 4.08. The van der Waals surface area contributed by atoms with E-state index in [1.165, 1.54) is 5.56 Å². The molecule has 1 rings (SSSR count). The van der Waals surface area contributed by atoms with Crippen molar-refractivity contribution in [1.29, 1.82) is 0 Å². The Labute approximate surface area is 97.5 Å². The summed E-state index contributed by atoms with van der Waals surface area (Å²) >= 11 is 5.23. The highest BCUT2D eigenvalue weighted by molar-refractivity contribution is 7.80.